The van der Waals surface area contributed by atoms with Crippen molar-refractivity contribution in [1.29, 1.82) is 0 Å². The molecule has 1 amide bonds. The number of hydrogen-bond donors (Lipinski definition) is 1. The Morgan fingerprint density at radius 3 is 2.33 bits per heavy atom. The van der Waals surface area contributed by atoms with Gasteiger partial charge in [-0.15, -0.1) is 0 Å². The molecule has 0 bridgehead atoms. The number of amides is 1. The van der Waals surface area contributed by atoms with Gasteiger partial charge in [-0.2, -0.15) is 0 Å². The number of nitrogens with two attached hydrogens (primary N) is 1. The molecule has 0 radical (unpaired) electrons. The zero-order chi connectivity index (χ0) is 19.5. The third kappa shape index (κ3) is 7.60. The van der Waals surface area contributed by atoms with Gasteiger partial charge in [0.15, 0.2) is 6.29 Å². The Kier molecular flexibility index (Phi) is 9.81. The first kappa shape index (κ1) is 21.9. The number of carbonyl (C=O) groups excluding carboxylic acids is 1. The molecule has 27 heavy (non-hydrogen) atoms. The van der Waals surface area contributed by atoms with Gasteiger partial charge < -0.3 is 20.1 Å². The van der Waals surface area contributed by atoms with Crippen LogP contribution in [0.3, 0.4) is 0 Å². The third-order valence-corrected chi connectivity index (χ3v) is 5.21. The summed E-state index contributed by atoms with van der Waals surface area (Å²) in [5.41, 5.74) is 7.39. The number of rotatable bonds is 11. The van der Waals surface area contributed by atoms with Crippen LogP contribution in [0.25, 0.3) is 0 Å². The molecular formula is C22H36N2O3. The van der Waals surface area contributed by atoms with Crippen LogP contribution in [-0.2, 0) is 20.7 Å². The van der Waals surface area contributed by atoms with Gasteiger partial charge in [0.2, 0.25) is 5.91 Å². The van der Waals surface area contributed by atoms with Crippen molar-refractivity contribution < 1.29 is 14.3 Å². The molecule has 0 heterocycles. The number of ether oxygens (including phenoxy) is 2. The predicted octanol–water partition coefficient (Wildman–Crippen LogP) is 3.36. The van der Waals surface area contributed by atoms with Crippen molar-refractivity contribution in [2.24, 2.45) is 11.7 Å². The first-order chi connectivity index (χ1) is 13.1. The molecule has 2 N–H and O–H groups in total. The molecule has 1 atom stereocenters. The van der Waals surface area contributed by atoms with E-state index in [0.29, 0.717) is 32.1 Å². The van der Waals surface area contributed by atoms with E-state index in [9.17, 15) is 4.79 Å². The van der Waals surface area contributed by atoms with Crippen LogP contribution in [0.5, 0.6) is 0 Å². The molecule has 1 aromatic carbocycles. The van der Waals surface area contributed by atoms with Gasteiger partial charge in [-0.25, -0.2) is 0 Å². The first-order valence-corrected chi connectivity index (χ1v) is 10.5. The molecule has 0 saturated heterocycles. The lowest BCUT2D eigenvalue weighted by Crippen LogP contribution is -2.50. The standard InChI is InChI=1S/C22H36N2O3/c1-3-26-21(27-4-2)17-24(16-19-13-9-6-10-14-19)22(25)20(23)15-18-11-7-5-8-12-18/h5,7-8,11-12,19-21H,3-4,6,9-10,13-17,23H2,1-2H3/t20-/m0/s1. The first-order valence-electron chi connectivity index (χ1n) is 10.5. The Morgan fingerprint density at radius 1 is 1.11 bits per heavy atom. The fourth-order valence-corrected chi connectivity index (χ4v) is 3.83. The number of hydrogen-bond acceptors (Lipinski definition) is 4. The normalized spacial score (nSPS) is 16.4. The summed E-state index contributed by atoms with van der Waals surface area (Å²) in [6.45, 7) is 6.21. The summed E-state index contributed by atoms with van der Waals surface area (Å²) in [5.74, 6) is 0.546. The van der Waals surface area contributed by atoms with Crippen molar-refractivity contribution in [3.05, 3.63) is 35.9 Å². The van der Waals surface area contributed by atoms with E-state index in [2.05, 4.69) is 0 Å². The monoisotopic (exact) mass is 376 g/mol. The van der Waals surface area contributed by atoms with Crippen LogP contribution < -0.4 is 5.73 Å². The molecule has 1 aromatic rings. The van der Waals surface area contributed by atoms with Crippen molar-refractivity contribution in [2.75, 3.05) is 26.3 Å². The van der Waals surface area contributed by atoms with Gasteiger partial charge in [0.05, 0.1) is 12.6 Å². The van der Waals surface area contributed by atoms with Crippen molar-refractivity contribution in [1.82, 2.24) is 4.90 Å². The second kappa shape index (κ2) is 12.1. The second-order valence-corrected chi connectivity index (χ2v) is 7.38. The molecule has 152 valence electrons. The van der Waals surface area contributed by atoms with Crippen molar-refractivity contribution in [3.63, 3.8) is 0 Å². The lowest BCUT2D eigenvalue weighted by Gasteiger charge is -2.33. The van der Waals surface area contributed by atoms with Crippen molar-refractivity contribution >= 4 is 5.91 Å². The second-order valence-electron chi connectivity index (χ2n) is 7.38. The van der Waals surface area contributed by atoms with E-state index >= 15 is 0 Å². The molecule has 0 unspecified atom stereocenters. The van der Waals surface area contributed by atoms with E-state index in [0.717, 1.165) is 12.1 Å². The minimum absolute atomic E-state index is 0.00571. The van der Waals surface area contributed by atoms with Crippen LogP contribution >= 0.6 is 0 Å². The molecule has 0 spiro atoms. The van der Waals surface area contributed by atoms with Crippen LogP contribution in [0.4, 0.5) is 0 Å². The van der Waals surface area contributed by atoms with Crippen LogP contribution in [-0.4, -0.2) is 49.4 Å². The Morgan fingerprint density at radius 2 is 1.74 bits per heavy atom. The van der Waals surface area contributed by atoms with Crippen LogP contribution in [0.15, 0.2) is 30.3 Å². The fraction of sp³-hybridized carbons (Fsp3) is 0.682. The smallest absolute Gasteiger partial charge is 0.240 e. The van der Waals surface area contributed by atoms with Gasteiger partial charge in [-0.3, -0.25) is 4.79 Å². The minimum atomic E-state index is -0.542. The van der Waals surface area contributed by atoms with Gasteiger partial charge in [-0.05, 0) is 44.6 Å². The third-order valence-electron chi connectivity index (χ3n) is 5.21. The Bertz CT molecular complexity index is 526. The molecule has 5 heteroatoms. The topological polar surface area (TPSA) is 64.8 Å². The number of benzene rings is 1. The molecule has 5 nitrogen and oxygen atoms in total. The van der Waals surface area contributed by atoms with Crippen LogP contribution in [0, 0.1) is 5.92 Å². The summed E-state index contributed by atoms with van der Waals surface area (Å²) in [6.07, 6.45) is 6.34. The fourth-order valence-electron chi connectivity index (χ4n) is 3.83. The van der Waals surface area contributed by atoms with Gasteiger partial charge in [0.1, 0.15) is 0 Å². The lowest BCUT2D eigenvalue weighted by atomic mass is 9.88. The van der Waals surface area contributed by atoms with E-state index in [1.54, 1.807) is 0 Å². The SMILES string of the molecule is CCOC(CN(CC1CCCCC1)C(=O)[C@@H](N)Cc1ccccc1)OCC. The highest BCUT2D eigenvalue weighted by Gasteiger charge is 2.27. The highest BCUT2D eigenvalue weighted by atomic mass is 16.7. The highest BCUT2D eigenvalue weighted by Crippen LogP contribution is 2.25. The molecule has 0 aromatic heterocycles. The zero-order valence-electron chi connectivity index (χ0n) is 16.9. The van der Waals surface area contributed by atoms with Crippen molar-refractivity contribution in [3.8, 4) is 0 Å². The van der Waals surface area contributed by atoms with Crippen molar-refractivity contribution in [2.45, 2.75) is 64.7 Å². The predicted molar refractivity (Wildman–Crippen MR) is 108 cm³/mol. The maximum atomic E-state index is 13.2. The van der Waals surface area contributed by atoms with E-state index in [1.165, 1.54) is 32.1 Å². The Labute approximate surface area is 164 Å². The van der Waals surface area contributed by atoms with E-state index < -0.39 is 12.3 Å². The number of nitrogens with zero attached hydrogens (tertiary/aromatic N) is 1. The zero-order valence-corrected chi connectivity index (χ0v) is 16.9. The van der Waals surface area contributed by atoms with Crippen LogP contribution in [0.1, 0.15) is 51.5 Å². The quantitative estimate of drug-likeness (QED) is 0.602. The Hall–Kier alpha value is -1.43. The molecule has 1 saturated carbocycles. The number of carbonyl (C=O) groups is 1. The summed E-state index contributed by atoms with van der Waals surface area (Å²) >= 11 is 0. The summed E-state index contributed by atoms with van der Waals surface area (Å²) < 4.78 is 11.4. The summed E-state index contributed by atoms with van der Waals surface area (Å²) in [7, 11) is 0. The van der Waals surface area contributed by atoms with Gasteiger partial charge in [-0.1, -0.05) is 49.6 Å². The van der Waals surface area contributed by atoms with Gasteiger partial charge in [0.25, 0.3) is 0 Å². The highest BCUT2D eigenvalue weighted by molar-refractivity contribution is 5.82. The van der Waals surface area contributed by atoms with Crippen LogP contribution in [0.2, 0.25) is 0 Å². The largest absolute Gasteiger partial charge is 0.351 e. The minimum Gasteiger partial charge on any atom is -0.351 e. The molecular weight excluding hydrogens is 340 g/mol. The van der Waals surface area contributed by atoms with Gasteiger partial charge >= 0.3 is 0 Å². The average molecular weight is 377 g/mol. The van der Waals surface area contributed by atoms with Gasteiger partial charge in [0, 0.05) is 19.8 Å². The molecule has 1 fully saturated rings. The summed E-state index contributed by atoms with van der Waals surface area (Å²) in [4.78, 5) is 15.0. The maximum absolute atomic E-state index is 13.2. The maximum Gasteiger partial charge on any atom is 0.240 e. The molecule has 2 rings (SSSR count). The molecule has 1 aliphatic rings. The summed E-state index contributed by atoms with van der Waals surface area (Å²) in [6, 6.07) is 9.42. The Balaban J connectivity index is 2.04. The molecule has 0 aliphatic heterocycles. The summed E-state index contributed by atoms with van der Waals surface area (Å²) in [5, 5.41) is 0. The average Bonchev–Trinajstić information content (AvgIpc) is 2.69. The van der Waals surface area contributed by atoms with E-state index in [4.69, 9.17) is 15.2 Å². The molecule has 1 aliphatic carbocycles. The van der Waals surface area contributed by atoms with E-state index in [1.807, 2.05) is 49.1 Å². The lowest BCUT2D eigenvalue weighted by molar-refractivity contribution is -0.160. The van der Waals surface area contributed by atoms with E-state index in [-0.39, 0.29) is 5.91 Å².